The molecule has 1 aliphatic heterocycles. The third-order valence-corrected chi connectivity index (χ3v) is 10.8. The van der Waals surface area contributed by atoms with E-state index in [2.05, 4.69) is 74.6 Å². The van der Waals surface area contributed by atoms with Gasteiger partial charge in [0.2, 0.25) is 0 Å². The zero-order valence-electron chi connectivity index (χ0n) is 36.8. The number of ether oxygens (including phenoxy) is 4. The van der Waals surface area contributed by atoms with Gasteiger partial charge in [0.05, 0.1) is 6.61 Å². The Morgan fingerprint density at radius 1 is 0.567 bits per heavy atom. The van der Waals surface area contributed by atoms with Gasteiger partial charge in [0.15, 0.2) is 12.4 Å². The number of hydrogen-bond donors (Lipinski definition) is 4. The van der Waals surface area contributed by atoms with Gasteiger partial charge in [-0.05, 0) is 77.0 Å². The fourth-order valence-corrected chi connectivity index (χ4v) is 7.18. The van der Waals surface area contributed by atoms with E-state index in [1.165, 1.54) is 44.9 Å². The van der Waals surface area contributed by atoms with Crippen molar-refractivity contribution in [3.05, 3.63) is 60.8 Å². The smallest absolute Gasteiger partial charge is 0.306 e. The van der Waals surface area contributed by atoms with Crippen molar-refractivity contribution < 1.29 is 56.8 Å². The summed E-state index contributed by atoms with van der Waals surface area (Å²) in [5.74, 6) is -2.04. The molecule has 0 bridgehead atoms. The van der Waals surface area contributed by atoms with Gasteiger partial charge >= 0.3 is 11.9 Å². The topological polar surface area (TPSA) is 186 Å². The van der Waals surface area contributed by atoms with Crippen LogP contribution in [-0.2, 0) is 38.7 Å². The molecule has 2 unspecified atom stereocenters. The third-order valence-electron chi connectivity index (χ3n) is 10.1. The molecule has 4 N–H and O–H groups in total. The highest BCUT2D eigenvalue weighted by Gasteiger charge is 2.46. The highest BCUT2D eigenvalue weighted by atomic mass is 32.2. The summed E-state index contributed by atoms with van der Waals surface area (Å²) < 4.78 is 54.0. The molecule has 0 aliphatic carbocycles. The van der Waals surface area contributed by atoms with Crippen LogP contribution >= 0.6 is 0 Å². The van der Waals surface area contributed by atoms with Gasteiger partial charge in [0, 0.05) is 12.8 Å². The summed E-state index contributed by atoms with van der Waals surface area (Å²) in [5, 5.41) is 30.9. The lowest BCUT2D eigenvalue weighted by atomic mass is 10.00. The molecule has 1 heterocycles. The lowest BCUT2D eigenvalue weighted by molar-refractivity contribution is -0.297. The summed E-state index contributed by atoms with van der Waals surface area (Å²) in [6, 6.07) is 0. The predicted molar refractivity (Wildman–Crippen MR) is 238 cm³/mol. The van der Waals surface area contributed by atoms with E-state index in [1.807, 2.05) is 0 Å². The first-order valence-electron chi connectivity index (χ1n) is 22.8. The molecule has 0 radical (unpaired) electrons. The lowest BCUT2D eigenvalue weighted by Gasteiger charge is -2.40. The van der Waals surface area contributed by atoms with Crippen molar-refractivity contribution in [2.45, 2.75) is 205 Å². The maximum absolute atomic E-state index is 12.8. The Morgan fingerprint density at radius 3 is 1.58 bits per heavy atom. The molecule has 6 atom stereocenters. The second-order valence-corrected chi connectivity index (χ2v) is 17.2. The fraction of sp³-hybridized carbons (Fsp3) is 0.745. The van der Waals surface area contributed by atoms with Gasteiger partial charge in [-0.2, -0.15) is 8.42 Å². The van der Waals surface area contributed by atoms with E-state index in [9.17, 15) is 37.9 Å². The summed E-state index contributed by atoms with van der Waals surface area (Å²) >= 11 is 0. The average molecular weight is 869 g/mol. The van der Waals surface area contributed by atoms with E-state index in [0.717, 1.165) is 83.5 Å². The highest BCUT2D eigenvalue weighted by molar-refractivity contribution is 7.85. The summed E-state index contributed by atoms with van der Waals surface area (Å²) in [7, 11) is -4.61. The SMILES string of the molecule is CCC/C=C/C/C=C/C/C=C/C/C=C/CCCCCC(=O)O[C@H](COC(=O)CCCCCCC/C=C/CCCCCCCC)CO[C@H]1O[C@H](CS(=O)(=O)O)[C@@H](O)C(O)C1O. The van der Waals surface area contributed by atoms with E-state index in [0.29, 0.717) is 12.8 Å². The standard InChI is InChI=1S/C47H80O12S/c1-3-5-7-9-11-13-15-17-19-20-22-24-26-28-30-32-34-36-43(49)58-40(38-57-47-46(52)45(51)44(50)41(59-47)39-60(53,54)55)37-56-42(48)35-33-31-29-27-25-23-21-18-16-14-12-10-8-6-4-2/h7,9,13,15,18-21,24,26,40-41,44-47,50-52H,3-6,8,10-12,14,16-17,22-23,25,27-39H2,1-2H3,(H,53,54,55)/b9-7+,15-13+,20-19+,21-18+,26-24+/t40-,41-,44-,45?,46?,47+/m1/s1. The molecule has 0 aromatic heterocycles. The molecule has 0 saturated carbocycles. The first kappa shape index (κ1) is 55.4. The zero-order valence-corrected chi connectivity index (χ0v) is 37.6. The second-order valence-electron chi connectivity index (χ2n) is 15.7. The van der Waals surface area contributed by atoms with E-state index in [4.69, 9.17) is 18.9 Å². The molecule has 0 aromatic carbocycles. The van der Waals surface area contributed by atoms with Crippen molar-refractivity contribution in [2.24, 2.45) is 0 Å². The molecule has 1 saturated heterocycles. The van der Waals surface area contributed by atoms with Gasteiger partial charge in [-0.1, -0.05) is 139 Å². The van der Waals surface area contributed by atoms with Gasteiger partial charge < -0.3 is 34.3 Å². The molecule has 0 amide bonds. The molecule has 0 aromatic rings. The van der Waals surface area contributed by atoms with Crippen LogP contribution in [0.15, 0.2) is 60.8 Å². The van der Waals surface area contributed by atoms with Crippen molar-refractivity contribution >= 4 is 22.1 Å². The summed E-state index contributed by atoms with van der Waals surface area (Å²) in [4.78, 5) is 25.4. The quantitative estimate of drug-likeness (QED) is 0.0201. The van der Waals surface area contributed by atoms with E-state index in [1.54, 1.807) is 0 Å². The normalized spacial score (nSPS) is 20.7. The summed E-state index contributed by atoms with van der Waals surface area (Å²) in [6.45, 7) is 3.64. The van der Waals surface area contributed by atoms with Gasteiger partial charge in [-0.3, -0.25) is 14.1 Å². The van der Waals surface area contributed by atoms with E-state index in [-0.39, 0.29) is 19.4 Å². The molecule has 12 nitrogen and oxygen atoms in total. The Hall–Kier alpha value is -2.65. The van der Waals surface area contributed by atoms with Crippen LogP contribution in [0.1, 0.15) is 168 Å². The number of carbonyl (C=O) groups is 2. The number of carbonyl (C=O) groups excluding carboxylic acids is 2. The molecular weight excluding hydrogens is 789 g/mol. The Balaban J connectivity index is 2.48. The van der Waals surface area contributed by atoms with E-state index >= 15 is 0 Å². The first-order chi connectivity index (χ1) is 29.0. The fourth-order valence-electron chi connectivity index (χ4n) is 6.48. The molecule has 1 aliphatic rings. The Bertz CT molecular complexity index is 1340. The van der Waals surface area contributed by atoms with Crippen LogP contribution in [0.3, 0.4) is 0 Å². The minimum atomic E-state index is -4.61. The number of aliphatic hydroxyl groups excluding tert-OH is 3. The molecule has 0 spiro atoms. The monoisotopic (exact) mass is 869 g/mol. The van der Waals surface area contributed by atoms with Gasteiger partial charge in [0.25, 0.3) is 10.1 Å². The zero-order chi connectivity index (χ0) is 44.1. The minimum Gasteiger partial charge on any atom is -0.462 e. The molecule has 1 rings (SSSR count). The first-order valence-corrected chi connectivity index (χ1v) is 24.5. The average Bonchev–Trinajstić information content (AvgIpc) is 3.21. The molecule has 13 heteroatoms. The van der Waals surface area contributed by atoms with Crippen LogP contribution in [-0.4, -0.2) is 96.0 Å². The van der Waals surface area contributed by atoms with Gasteiger partial charge in [-0.25, -0.2) is 0 Å². The highest BCUT2D eigenvalue weighted by Crippen LogP contribution is 2.24. The van der Waals surface area contributed by atoms with E-state index < -0.39 is 71.2 Å². The van der Waals surface area contributed by atoms with Crippen LogP contribution in [0.2, 0.25) is 0 Å². The lowest BCUT2D eigenvalue weighted by Crippen LogP contribution is -2.60. The van der Waals surface area contributed by atoms with Gasteiger partial charge in [0.1, 0.15) is 36.8 Å². The van der Waals surface area contributed by atoms with Crippen LogP contribution in [0, 0.1) is 0 Å². The Kier molecular flexibility index (Phi) is 34.1. The van der Waals surface area contributed by atoms with Crippen LogP contribution < -0.4 is 0 Å². The Morgan fingerprint density at radius 2 is 1.03 bits per heavy atom. The van der Waals surface area contributed by atoms with Gasteiger partial charge in [-0.15, -0.1) is 0 Å². The largest absolute Gasteiger partial charge is 0.462 e. The molecule has 346 valence electrons. The maximum Gasteiger partial charge on any atom is 0.306 e. The second kappa shape index (κ2) is 37.0. The molecular formula is C47H80O12S. The maximum atomic E-state index is 12.8. The molecule has 60 heavy (non-hydrogen) atoms. The minimum absolute atomic E-state index is 0.123. The number of allylic oxidation sites excluding steroid dienone is 10. The van der Waals surface area contributed by atoms with Crippen molar-refractivity contribution in [2.75, 3.05) is 19.0 Å². The number of esters is 2. The third kappa shape index (κ3) is 31.2. The summed E-state index contributed by atoms with van der Waals surface area (Å²) in [5.41, 5.74) is 0. The van der Waals surface area contributed by atoms with Crippen molar-refractivity contribution in [3.63, 3.8) is 0 Å². The molecule has 1 fully saturated rings. The number of hydrogen-bond acceptors (Lipinski definition) is 11. The van der Waals surface area contributed by atoms with Crippen molar-refractivity contribution in [1.82, 2.24) is 0 Å². The number of unbranched alkanes of at least 4 members (excludes halogenated alkanes) is 15. The van der Waals surface area contributed by atoms with Crippen molar-refractivity contribution in [1.29, 1.82) is 0 Å². The number of rotatable bonds is 37. The van der Waals surface area contributed by atoms with Crippen LogP contribution in [0.25, 0.3) is 0 Å². The summed E-state index contributed by atoms with van der Waals surface area (Å²) in [6.07, 6.45) is 35.5. The Labute approximate surface area is 362 Å². The predicted octanol–water partition coefficient (Wildman–Crippen LogP) is 9.34. The number of aliphatic hydroxyl groups is 3. The van der Waals surface area contributed by atoms with Crippen LogP contribution in [0.4, 0.5) is 0 Å². The van der Waals surface area contributed by atoms with Crippen molar-refractivity contribution in [3.8, 4) is 0 Å². The van der Waals surface area contributed by atoms with Crippen LogP contribution in [0.5, 0.6) is 0 Å².